The van der Waals surface area contributed by atoms with E-state index in [9.17, 15) is 14.4 Å². The molecule has 0 atom stereocenters. The maximum Gasteiger partial charge on any atom is 0.251 e. The summed E-state index contributed by atoms with van der Waals surface area (Å²) < 4.78 is 6.85. The molecule has 2 rings (SSSR count). The number of hydrogen-bond donors (Lipinski definition) is 3. The molecule has 0 aliphatic heterocycles. The first kappa shape index (κ1) is 20.0. The average Bonchev–Trinajstić information content (AvgIpc) is 3.06. The lowest BCUT2D eigenvalue weighted by molar-refractivity contribution is -0.118. The number of anilines is 1. The molecule has 144 valence electrons. The third-order valence-electron chi connectivity index (χ3n) is 3.53. The number of ether oxygens (including phenoxy) is 1. The minimum absolute atomic E-state index is 0.0786. The number of unbranched alkanes of at least 4 members (excludes halogenated alkanes) is 1. The standard InChI is InChI=1S/C18H23N5O4/c1-2-3-8-27-15-6-4-13(5-7-15)18(26)20-10-17(25)22-14-9-21-23(11-14)12-16(19)24/h4-7,9,11H,2-3,8,10,12H2,1H3,(H2,19,24)(H,20,26)(H,22,25). The fourth-order valence-electron chi connectivity index (χ4n) is 2.18. The summed E-state index contributed by atoms with van der Waals surface area (Å²) in [7, 11) is 0. The van der Waals surface area contributed by atoms with Crippen molar-refractivity contribution in [1.82, 2.24) is 15.1 Å². The van der Waals surface area contributed by atoms with Crippen LogP contribution in [0.1, 0.15) is 30.1 Å². The topological polar surface area (TPSA) is 128 Å². The normalized spacial score (nSPS) is 10.3. The van der Waals surface area contributed by atoms with Crippen LogP contribution in [0.4, 0.5) is 5.69 Å². The molecule has 0 spiro atoms. The first-order valence-electron chi connectivity index (χ1n) is 8.59. The van der Waals surface area contributed by atoms with Gasteiger partial charge in [-0.1, -0.05) is 13.3 Å². The van der Waals surface area contributed by atoms with Gasteiger partial charge in [-0.15, -0.1) is 0 Å². The van der Waals surface area contributed by atoms with E-state index < -0.39 is 11.8 Å². The number of hydrogen-bond acceptors (Lipinski definition) is 5. The number of carbonyl (C=O) groups excluding carboxylic acids is 3. The van der Waals surface area contributed by atoms with Crippen LogP contribution >= 0.6 is 0 Å². The summed E-state index contributed by atoms with van der Waals surface area (Å²) in [4.78, 5) is 34.8. The van der Waals surface area contributed by atoms with Crippen molar-refractivity contribution >= 4 is 23.4 Å². The van der Waals surface area contributed by atoms with E-state index in [1.165, 1.54) is 17.1 Å². The second-order valence-electron chi connectivity index (χ2n) is 5.85. The lowest BCUT2D eigenvalue weighted by Gasteiger charge is -2.08. The molecule has 1 heterocycles. The second-order valence-corrected chi connectivity index (χ2v) is 5.85. The van der Waals surface area contributed by atoms with Crippen LogP contribution in [0.3, 0.4) is 0 Å². The molecule has 9 heteroatoms. The van der Waals surface area contributed by atoms with Crippen LogP contribution in [0.5, 0.6) is 5.75 Å². The van der Waals surface area contributed by atoms with Crippen LogP contribution in [0.25, 0.3) is 0 Å². The number of amides is 3. The van der Waals surface area contributed by atoms with Crippen molar-refractivity contribution in [2.24, 2.45) is 5.73 Å². The van der Waals surface area contributed by atoms with E-state index in [0.717, 1.165) is 12.8 Å². The van der Waals surface area contributed by atoms with Gasteiger partial charge in [0.1, 0.15) is 12.3 Å². The Hall–Kier alpha value is -3.36. The van der Waals surface area contributed by atoms with Gasteiger partial charge in [0, 0.05) is 11.8 Å². The predicted octanol–water partition coefficient (Wildman–Crippen LogP) is 0.916. The second kappa shape index (κ2) is 9.95. The van der Waals surface area contributed by atoms with Gasteiger partial charge in [0.05, 0.1) is 25.0 Å². The van der Waals surface area contributed by atoms with Crippen LogP contribution < -0.4 is 21.1 Å². The van der Waals surface area contributed by atoms with Crippen LogP contribution in [-0.2, 0) is 16.1 Å². The molecule has 0 bridgehead atoms. The fourth-order valence-corrected chi connectivity index (χ4v) is 2.18. The molecular formula is C18H23N5O4. The Balaban J connectivity index is 1.78. The Morgan fingerprint density at radius 3 is 2.63 bits per heavy atom. The summed E-state index contributed by atoms with van der Waals surface area (Å²) in [5.74, 6) is -0.619. The minimum Gasteiger partial charge on any atom is -0.494 e. The van der Waals surface area contributed by atoms with Gasteiger partial charge >= 0.3 is 0 Å². The third kappa shape index (κ3) is 6.81. The zero-order valence-corrected chi connectivity index (χ0v) is 15.1. The first-order valence-corrected chi connectivity index (χ1v) is 8.59. The quantitative estimate of drug-likeness (QED) is 0.533. The molecule has 0 aliphatic carbocycles. The highest BCUT2D eigenvalue weighted by molar-refractivity contribution is 5.99. The summed E-state index contributed by atoms with van der Waals surface area (Å²) in [6.07, 6.45) is 4.88. The van der Waals surface area contributed by atoms with E-state index in [4.69, 9.17) is 10.5 Å². The zero-order valence-electron chi connectivity index (χ0n) is 15.1. The summed E-state index contributed by atoms with van der Waals surface area (Å²) in [6, 6.07) is 6.72. The Bertz CT molecular complexity index is 785. The number of rotatable bonds is 10. The SMILES string of the molecule is CCCCOc1ccc(C(=O)NCC(=O)Nc2cnn(CC(N)=O)c2)cc1. The number of nitrogens with one attached hydrogen (secondary N) is 2. The molecule has 3 amide bonds. The van der Waals surface area contributed by atoms with Gasteiger partial charge in [0.2, 0.25) is 11.8 Å². The molecular weight excluding hydrogens is 350 g/mol. The van der Waals surface area contributed by atoms with Crippen molar-refractivity contribution in [3.05, 3.63) is 42.2 Å². The Morgan fingerprint density at radius 2 is 1.96 bits per heavy atom. The van der Waals surface area contributed by atoms with E-state index >= 15 is 0 Å². The molecule has 9 nitrogen and oxygen atoms in total. The molecule has 0 fully saturated rings. The smallest absolute Gasteiger partial charge is 0.251 e. The minimum atomic E-state index is -0.537. The molecule has 0 aliphatic rings. The Morgan fingerprint density at radius 1 is 1.22 bits per heavy atom. The highest BCUT2D eigenvalue weighted by Crippen LogP contribution is 2.12. The van der Waals surface area contributed by atoms with Gasteiger partial charge in [0.15, 0.2) is 0 Å². The zero-order chi connectivity index (χ0) is 19.6. The van der Waals surface area contributed by atoms with Gasteiger partial charge in [-0.3, -0.25) is 19.1 Å². The molecule has 2 aromatic rings. The lowest BCUT2D eigenvalue weighted by atomic mass is 10.2. The van der Waals surface area contributed by atoms with Crippen molar-refractivity contribution in [3.63, 3.8) is 0 Å². The largest absolute Gasteiger partial charge is 0.494 e. The number of nitrogens with two attached hydrogens (primary N) is 1. The predicted molar refractivity (Wildman–Crippen MR) is 99.2 cm³/mol. The number of primary amides is 1. The van der Waals surface area contributed by atoms with E-state index in [1.807, 2.05) is 0 Å². The number of carbonyl (C=O) groups is 3. The Kier molecular flexibility index (Phi) is 7.36. The van der Waals surface area contributed by atoms with Gasteiger partial charge < -0.3 is 21.1 Å². The maximum absolute atomic E-state index is 12.1. The van der Waals surface area contributed by atoms with Gasteiger partial charge in [-0.05, 0) is 30.7 Å². The highest BCUT2D eigenvalue weighted by atomic mass is 16.5. The van der Waals surface area contributed by atoms with Gasteiger partial charge in [0.25, 0.3) is 5.91 Å². The van der Waals surface area contributed by atoms with Crippen molar-refractivity contribution in [2.75, 3.05) is 18.5 Å². The number of aromatic nitrogens is 2. The monoisotopic (exact) mass is 373 g/mol. The molecule has 4 N–H and O–H groups in total. The van der Waals surface area contributed by atoms with Crippen molar-refractivity contribution < 1.29 is 19.1 Å². The Labute approximate surface area is 156 Å². The summed E-state index contributed by atoms with van der Waals surface area (Å²) >= 11 is 0. The molecule has 0 saturated carbocycles. The van der Waals surface area contributed by atoms with E-state index in [2.05, 4.69) is 22.7 Å². The lowest BCUT2D eigenvalue weighted by Crippen LogP contribution is -2.32. The summed E-state index contributed by atoms with van der Waals surface area (Å²) in [5, 5.41) is 9.00. The molecule has 0 radical (unpaired) electrons. The van der Waals surface area contributed by atoms with E-state index in [1.54, 1.807) is 24.3 Å². The fraction of sp³-hybridized carbons (Fsp3) is 0.333. The molecule has 1 aromatic carbocycles. The third-order valence-corrected chi connectivity index (χ3v) is 3.53. The van der Waals surface area contributed by atoms with Gasteiger partial charge in [-0.25, -0.2) is 0 Å². The summed E-state index contributed by atoms with van der Waals surface area (Å²) in [5.41, 5.74) is 5.91. The van der Waals surface area contributed by atoms with Crippen LogP contribution in [0.15, 0.2) is 36.7 Å². The maximum atomic E-state index is 12.1. The van der Waals surface area contributed by atoms with Crippen LogP contribution in [0.2, 0.25) is 0 Å². The molecule has 0 saturated heterocycles. The molecule has 0 unspecified atom stereocenters. The molecule has 27 heavy (non-hydrogen) atoms. The van der Waals surface area contributed by atoms with E-state index in [-0.39, 0.29) is 19.0 Å². The molecule has 1 aromatic heterocycles. The van der Waals surface area contributed by atoms with Crippen molar-refractivity contribution in [3.8, 4) is 5.75 Å². The number of nitrogens with zero attached hydrogens (tertiary/aromatic N) is 2. The average molecular weight is 373 g/mol. The number of benzene rings is 1. The van der Waals surface area contributed by atoms with E-state index in [0.29, 0.717) is 23.6 Å². The van der Waals surface area contributed by atoms with Gasteiger partial charge in [-0.2, -0.15) is 5.10 Å². The van der Waals surface area contributed by atoms with Crippen molar-refractivity contribution in [1.29, 1.82) is 0 Å². The summed E-state index contributed by atoms with van der Waals surface area (Å²) in [6.45, 7) is 2.44. The van der Waals surface area contributed by atoms with Crippen LogP contribution in [0, 0.1) is 0 Å². The highest BCUT2D eigenvalue weighted by Gasteiger charge is 2.10. The first-order chi connectivity index (χ1) is 13.0. The van der Waals surface area contributed by atoms with Crippen LogP contribution in [-0.4, -0.2) is 40.7 Å². The van der Waals surface area contributed by atoms with Crippen molar-refractivity contribution in [2.45, 2.75) is 26.3 Å².